The van der Waals surface area contributed by atoms with Crippen molar-refractivity contribution in [3.05, 3.63) is 60.4 Å². The largest absolute Gasteiger partial charge is 0.384 e. The minimum atomic E-state index is 1.03. The fourth-order valence-corrected chi connectivity index (χ4v) is 2.93. The number of hydrogen-bond donors (Lipinski definition) is 1. The summed E-state index contributed by atoms with van der Waals surface area (Å²) in [4.78, 5) is 4.39. The molecule has 0 bridgehead atoms. The second-order valence-electron chi connectivity index (χ2n) is 4.92. The van der Waals surface area contributed by atoms with Crippen LogP contribution in [0, 0.1) is 0 Å². The van der Waals surface area contributed by atoms with Gasteiger partial charge in [0.15, 0.2) is 0 Å². The number of pyridine rings is 1. The first-order valence-corrected chi connectivity index (χ1v) is 6.62. The van der Waals surface area contributed by atoms with Crippen molar-refractivity contribution in [1.29, 1.82) is 0 Å². The van der Waals surface area contributed by atoms with Crippen LogP contribution in [0.5, 0.6) is 0 Å². The lowest BCUT2D eigenvalue weighted by molar-refractivity contribution is 1.11. The fraction of sp³-hybridized carbons (Fsp3) is 0.118. The van der Waals surface area contributed by atoms with Gasteiger partial charge in [-0.25, -0.2) is 0 Å². The minimum Gasteiger partial charge on any atom is -0.384 e. The van der Waals surface area contributed by atoms with Gasteiger partial charge in [-0.1, -0.05) is 36.4 Å². The van der Waals surface area contributed by atoms with Gasteiger partial charge in [0.1, 0.15) is 0 Å². The first kappa shape index (κ1) is 10.6. The molecule has 0 radical (unpaired) electrons. The van der Waals surface area contributed by atoms with Gasteiger partial charge in [-0.05, 0) is 29.0 Å². The van der Waals surface area contributed by atoms with Crippen LogP contribution in [-0.4, -0.2) is 11.5 Å². The molecule has 0 fully saturated rings. The molecule has 3 aromatic rings. The molecule has 0 unspecified atom stereocenters. The van der Waals surface area contributed by atoms with E-state index in [1.807, 2.05) is 12.4 Å². The number of hydrogen-bond acceptors (Lipinski definition) is 2. The Morgan fingerprint density at radius 2 is 1.84 bits per heavy atom. The molecule has 1 aliphatic rings. The van der Waals surface area contributed by atoms with Gasteiger partial charge >= 0.3 is 0 Å². The molecular formula is C17H14N2. The van der Waals surface area contributed by atoms with Crippen LogP contribution in [0.2, 0.25) is 0 Å². The summed E-state index contributed by atoms with van der Waals surface area (Å²) in [6, 6.07) is 14.9. The van der Waals surface area contributed by atoms with Crippen molar-refractivity contribution in [3.8, 4) is 11.1 Å². The van der Waals surface area contributed by atoms with Crippen molar-refractivity contribution in [1.82, 2.24) is 4.98 Å². The molecule has 0 saturated carbocycles. The van der Waals surface area contributed by atoms with E-state index in [1.54, 1.807) is 0 Å². The smallest absolute Gasteiger partial charge is 0.0379 e. The van der Waals surface area contributed by atoms with Gasteiger partial charge in [0.25, 0.3) is 0 Å². The third kappa shape index (κ3) is 1.60. The van der Waals surface area contributed by atoms with Crippen LogP contribution in [0.1, 0.15) is 5.56 Å². The van der Waals surface area contributed by atoms with Gasteiger partial charge in [0.05, 0.1) is 0 Å². The van der Waals surface area contributed by atoms with E-state index in [-0.39, 0.29) is 0 Å². The lowest BCUT2D eigenvalue weighted by Gasteiger charge is -2.10. The van der Waals surface area contributed by atoms with Gasteiger partial charge in [-0.2, -0.15) is 0 Å². The lowest BCUT2D eigenvalue weighted by Crippen LogP contribution is -1.90. The van der Waals surface area contributed by atoms with Crippen LogP contribution in [0.4, 0.5) is 5.69 Å². The van der Waals surface area contributed by atoms with E-state index in [9.17, 15) is 0 Å². The molecule has 2 nitrogen and oxygen atoms in total. The van der Waals surface area contributed by atoms with E-state index >= 15 is 0 Å². The topological polar surface area (TPSA) is 24.9 Å². The third-order valence-electron chi connectivity index (χ3n) is 3.82. The van der Waals surface area contributed by atoms with Crippen molar-refractivity contribution >= 4 is 16.5 Å². The number of rotatable bonds is 1. The van der Waals surface area contributed by atoms with Gasteiger partial charge in [0, 0.05) is 35.6 Å². The Morgan fingerprint density at radius 1 is 0.895 bits per heavy atom. The van der Waals surface area contributed by atoms with E-state index in [2.05, 4.69) is 52.8 Å². The number of aromatic nitrogens is 1. The number of benzene rings is 2. The molecule has 0 saturated heterocycles. The molecule has 92 valence electrons. The Bertz CT molecular complexity index is 757. The van der Waals surface area contributed by atoms with Gasteiger partial charge in [-0.15, -0.1) is 0 Å². The van der Waals surface area contributed by atoms with E-state index < -0.39 is 0 Å². The van der Waals surface area contributed by atoms with E-state index in [4.69, 9.17) is 0 Å². The summed E-state index contributed by atoms with van der Waals surface area (Å²) in [5, 5.41) is 5.91. The SMILES string of the molecule is c1cc2c(c(-c3cncc4ccccc34)c1)CCN2. The Labute approximate surface area is 112 Å². The van der Waals surface area contributed by atoms with Crippen LogP contribution in [-0.2, 0) is 6.42 Å². The molecule has 0 spiro atoms. The zero-order valence-electron chi connectivity index (χ0n) is 10.6. The summed E-state index contributed by atoms with van der Waals surface area (Å²) in [6.45, 7) is 1.03. The molecule has 1 aliphatic heterocycles. The highest BCUT2D eigenvalue weighted by molar-refractivity contribution is 5.97. The Hall–Kier alpha value is -2.35. The highest BCUT2D eigenvalue weighted by atomic mass is 14.9. The molecule has 2 aromatic carbocycles. The molecule has 1 N–H and O–H groups in total. The van der Waals surface area contributed by atoms with Crippen LogP contribution >= 0.6 is 0 Å². The second-order valence-corrected chi connectivity index (χ2v) is 4.92. The molecule has 0 aliphatic carbocycles. The third-order valence-corrected chi connectivity index (χ3v) is 3.82. The first-order chi connectivity index (χ1) is 9.43. The zero-order chi connectivity index (χ0) is 12.7. The number of fused-ring (bicyclic) bond motifs is 2. The van der Waals surface area contributed by atoms with Crippen molar-refractivity contribution in [2.75, 3.05) is 11.9 Å². The average Bonchev–Trinajstić information content (AvgIpc) is 2.95. The molecule has 0 atom stereocenters. The minimum absolute atomic E-state index is 1.03. The van der Waals surface area contributed by atoms with E-state index in [1.165, 1.54) is 33.2 Å². The Balaban J connectivity index is 2.04. The zero-order valence-corrected chi connectivity index (χ0v) is 10.6. The first-order valence-electron chi connectivity index (χ1n) is 6.62. The van der Waals surface area contributed by atoms with Gasteiger partial charge in [0.2, 0.25) is 0 Å². The standard InChI is InChI=1S/C17H14N2/c1-2-5-13-12(4-1)10-18-11-16(13)14-6-3-7-17-15(14)8-9-19-17/h1-7,10-11,19H,8-9H2. The van der Waals surface area contributed by atoms with Crippen molar-refractivity contribution in [3.63, 3.8) is 0 Å². The molecule has 0 amide bonds. The van der Waals surface area contributed by atoms with Crippen LogP contribution < -0.4 is 5.32 Å². The molecule has 4 rings (SSSR count). The van der Waals surface area contributed by atoms with E-state index in [0.29, 0.717) is 0 Å². The summed E-state index contributed by atoms with van der Waals surface area (Å²) < 4.78 is 0. The highest BCUT2D eigenvalue weighted by Crippen LogP contribution is 2.35. The highest BCUT2D eigenvalue weighted by Gasteiger charge is 2.16. The quantitative estimate of drug-likeness (QED) is 0.705. The van der Waals surface area contributed by atoms with Crippen LogP contribution in [0.3, 0.4) is 0 Å². The summed E-state index contributed by atoms with van der Waals surface area (Å²) in [6.07, 6.45) is 5.01. The second kappa shape index (κ2) is 4.09. The normalized spacial score (nSPS) is 13.3. The summed E-state index contributed by atoms with van der Waals surface area (Å²) in [5.74, 6) is 0. The summed E-state index contributed by atoms with van der Waals surface area (Å²) in [5.41, 5.74) is 5.23. The van der Waals surface area contributed by atoms with Crippen molar-refractivity contribution in [2.24, 2.45) is 0 Å². The van der Waals surface area contributed by atoms with E-state index in [0.717, 1.165) is 13.0 Å². The maximum Gasteiger partial charge on any atom is 0.0379 e. The molecule has 19 heavy (non-hydrogen) atoms. The maximum absolute atomic E-state index is 4.39. The number of anilines is 1. The maximum atomic E-state index is 4.39. The molecule has 1 aromatic heterocycles. The summed E-state index contributed by atoms with van der Waals surface area (Å²) in [7, 11) is 0. The van der Waals surface area contributed by atoms with Crippen LogP contribution in [0.15, 0.2) is 54.9 Å². The Morgan fingerprint density at radius 3 is 2.84 bits per heavy atom. The van der Waals surface area contributed by atoms with Crippen LogP contribution in [0.25, 0.3) is 21.9 Å². The average molecular weight is 246 g/mol. The Kier molecular flexibility index (Phi) is 2.27. The summed E-state index contributed by atoms with van der Waals surface area (Å²) >= 11 is 0. The molecular weight excluding hydrogens is 232 g/mol. The predicted octanol–water partition coefficient (Wildman–Crippen LogP) is 3.87. The van der Waals surface area contributed by atoms with Crippen molar-refractivity contribution in [2.45, 2.75) is 6.42 Å². The van der Waals surface area contributed by atoms with Gasteiger partial charge in [-0.3, -0.25) is 4.98 Å². The molecule has 2 heteroatoms. The number of nitrogens with zero attached hydrogens (tertiary/aromatic N) is 1. The number of nitrogens with one attached hydrogen (secondary N) is 1. The predicted molar refractivity (Wildman–Crippen MR) is 79.4 cm³/mol. The van der Waals surface area contributed by atoms with Crippen molar-refractivity contribution < 1.29 is 0 Å². The molecule has 2 heterocycles. The van der Waals surface area contributed by atoms with Gasteiger partial charge < -0.3 is 5.32 Å². The monoisotopic (exact) mass is 246 g/mol. The fourth-order valence-electron chi connectivity index (χ4n) is 2.93. The lowest BCUT2D eigenvalue weighted by atomic mass is 9.95.